The van der Waals surface area contributed by atoms with E-state index in [0.29, 0.717) is 5.56 Å². The fraction of sp³-hybridized carbons (Fsp3) is 0. The van der Waals surface area contributed by atoms with E-state index in [2.05, 4.69) is 14.4 Å². The first kappa shape index (κ1) is 13.1. The highest BCUT2D eigenvalue weighted by atomic mass is 32.3. The molecular formula is C10H8N2O6S. The number of nitrogens with one attached hydrogen (secondary N) is 1. The van der Waals surface area contributed by atoms with E-state index in [1.54, 1.807) is 30.3 Å². The number of aromatic amines is 1. The number of hydrogen-bond donors (Lipinski definition) is 3. The second-order valence-electron chi connectivity index (χ2n) is 3.46. The van der Waals surface area contributed by atoms with Gasteiger partial charge in [0.1, 0.15) is 0 Å². The summed E-state index contributed by atoms with van der Waals surface area (Å²) in [5.41, 5.74) is -0.0494. The maximum absolute atomic E-state index is 11.5. The SMILES string of the molecule is O=C(OS(=O)(=O)O)c1n[nH]c(O)c1-c1ccccc1. The van der Waals surface area contributed by atoms with Crippen LogP contribution in [0.1, 0.15) is 10.5 Å². The molecule has 0 unspecified atom stereocenters. The smallest absolute Gasteiger partial charge is 0.449 e. The number of carbonyl (C=O) groups excluding carboxylic acids is 1. The number of aromatic nitrogens is 2. The van der Waals surface area contributed by atoms with Gasteiger partial charge in [0.2, 0.25) is 5.88 Å². The van der Waals surface area contributed by atoms with Gasteiger partial charge in [-0.15, -0.1) is 0 Å². The van der Waals surface area contributed by atoms with Gasteiger partial charge in [-0.3, -0.25) is 4.55 Å². The van der Waals surface area contributed by atoms with Gasteiger partial charge in [-0.1, -0.05) is 30.3 Å². The zero-order valence-electron chi connectivity index (χ0n) is 9.27. The fourth-order valence-electron chi connectivity index (χ4n) is 1.49. The summed E-state index contributed by atoms with van der Waals surface area (Å²) in [5.74, 6) is -1.83. The first-order valence-corrected chi connectivity index (χ1v) is 6.29. The third-order valence-electron chi connectivity index (χ3n) is 2.18. The van der Waals surface area contributed by atoms with Crippen LogP contribution in [-0.4, -0.2) is 34.2 Å². The van der Waals surface area contributed by atoms with E-state index in [4.69, 9.17) is 4.55 Å². The Morgan fingerprint density at radius 3 is 2.47 bits per heavy atom. The van der Waals surface area contributed by atoms with Crippen LogP contribution in [0.3, 0.4) is 0 Å². The Morgan fingerprint density at radius 2 is 1.89 bits per heavy atom. The molecule has 1 aromatic heterocycles. The summed E-state index contributed by atoms with van der Waals surface area (Å²) < 4.78 is 33.2. The number of nitrogens with zero attached hydrogens (tertiary/aromatic N) is 1. The van der Waals surface area contributed by atoms with E-state index in [1.165, 1.54) is 0 Å². The molecule has 0 aliphatic carbocycles. The van der Waals surface area contributed by atoms with Gasteiger partial charge in [0.15, 0.2) is 5.69 Å². The van der Waals surface area contributed by atoms with Gasteiger partial charge >= 0.3 is 16.4 Å². The number of rotatable bonds is 3. The molecule has 2 aromatic rings. The molecule has 0 spiro atoms. The van der Waals surface area contributed by atoms with Gasteiger partial charge in [-0.25, -0.2) is 9.89 Å². The predicted octanol–water partition coefficient (Wildman–Crippen LogP) is 0.742. The maximum atomic E-state index is 11.5. The summed E-state index contributed by atoms with van der Waals surface area (Å²) in [6.07, 6.45) is 0. The largest absolute Gasteiger partial charge is 0.493 e. The quantitative estimate of drug-likeness (QED) is 0.709. The highest BCUT2D eigenvalue weighted by Gasteiger charge is 2.25. The Hall–Kier alpha value is -2.39. The van der Waals surface area contributed by atoms with Gasteiger partial charge in [0.05, 0.1) is 5.56 Å². The van der Waals surface area contributed by atoms with Gasteiger partial charge in [-0.2, -0.15) is 13.5 Å². The lowest BCUT2D eigenvalue weighted by atomic mass is 10.1. The molecule has 2 rings (SSSR count). The summed E-state index contributed by atoms with van der Waals surface area (Å²) >= 11 is 0. The highest BCUT2D eigenvalue weighted by Crippen LogP contribution is 2.30. The zero-order chi connectivity index (χ0) is 14.0. The van der Waals surface area contributed by atoms with Crippen molar-refractivity contribution in [2.24, 2.45) is 0 Å². The molecule has 1 heterocycles. The first-order chi connectivity index (χ1) is 8.88. The number of hydrogen-bond acceptors (Lipinski definition) is 6. The molecule has 0 bridgehead atoms. The standard InChI is InChI=1S/C10H8N2O6S/c13-9-7(6-4-2-1-3-5-6)8(11-12-9)10(14)18-19(15,16)17/h1-5H,(H2,11,12,13)(H,15,16,17). The van der Waals surface area contributed by atoms with Gasteiger partial charge in [-0.05, 0) is 5.56 Å². The molecule has 0 saturated heterocycles. The summed E-state index contributed by atoms with van der Waals surface area (Å²) in [7, 11) is -4.95. The minimum atomic E-state index is -4.95. The van der Waals surface area contributed by atoms with Crippen LogP contribution in [0, 0.1) is 0 Å². The minimum absolute atomic E-state index is 0.0192. The number of benzene rings is 1. The lowest BCUT2D eigenvalue weighted by molar-refractivity contribution is 0.0722. The Balaban J connectivity index is 2.47. The summed E-state index contributed by atoms with van der Waals surface area (Å²) in [6.45, 7) is 0. The molecule has 8 nitrogen and oxygen atoms in total. The Labute approximate surface area is 107 Å². The van der Waals surface area contributed by atoms with Crippen LogP contribution in [-0.2, 0) is 14.6 Å². The predicted molar refractivity (Wildman–Crippen MR) is 62.7 cm³/mol. The zero-order valence-corrected chi connectivity index (χ0v) is 10.1. The van der Waals surface area contributed by atoms with Crippen LogP contribution >= 0.6 is 0 Å². The van der Waals surface area contributed by atoms with Crippen LogP contribution < -0.4 is 0 Å². The van der Waals surface area contributed by atoms with Crippen molar-refractivity contribution in [2.45, 2.75) is 0 Å². The van der Waals surface area contributed by atoms with Crippen molar-refractivity contribution in [3.63, 3.8) is 0 Å². The molecule has 0 fully saturated rings. The van der Waals surface area contributed by atoms with Crippen LogP contribution in [0.15, 0.2) is 30.3 Å². The number of H-pyrrole nitrogens is 1. The molecule has 9 heteroatoms. The lowest BCUT2D eigenvalue weighted by Crippen LogP contribution is -2.13. The summed E-state index contributed by atoms with van der Waals surface area (Å²) in [5, 5.41) is 15.2. The molecular weight excluding hydrogens is 276 g/mol. The molecule has 0 radical (unpaired) electrons. The Bertz CT molecular complexity index is 707. The van der Waals surface area contributed by atoms with Crippen LogP contribution in [0.2, 0.25) is 0 Å². The Kier molecular flexibility index (Phi) is 3.23. The van der Waals surface area contributed by atoms with E-state index in [9.17, 15) is 18.3 Å². The van der Waals surface area contributed by atoms with E-state index >= 15 is 0 Å². The molecule has 100 valence electrons. The van der Waals surface area contributed by atoms with E-state index in [0.717, 1.165) is 0 Å². The molecule has 19 heavy (non-hydrogen) atoms. The van der Waals surface area contributed by atoms with Crippen molar-refractivity contribution >= 4 is 16.4 Å². The molecule has 0 amide bonds. The van der Waals surface area contributed by atoms with Crippen molar-refractivity contribution < 1.29 is 27.1 Å². The van der Waals surface area contributed by atoms with Gasteiger partial charge < -0.3 is 9.29 Å². The van der Waals surface area contributed by atoms with Crippen molar-refractivity contribution in [2.75, 3.05) is 0 Å². The monoisotopic (exact) mass is 284 g/mol. The van der Waals surface area contributed by atoms with E-state index in [-0.39, 0.29) is 5.56 Å². The van der Waals surface area contributed by atoms with Crippen molar-refractivity contribution in [1.82, 2.24) is 10.2 Å². The van der Waals surface area contributed by atoms with Gasteiger partial charge in [0.25, 0.3) is 0 Å². The van der Waals surface area contributed by atoms with Crippen molar-refractivity contribution in [3.05, 3.63) is 36.0 Å². The minimum Gasteiger partial charge on any atom is -0.493 e. The summed E-state index contributed by atoms with van der Waals surface area (Å²) in [4.78, 5) is 11.5. The molecule has 3 N–H and O–H groups in total. The normalized spacial score (nSPS) is 11.2. The fourth-order valence-corrected chi connectivity index (χ4v) is 1.76. The lowest BCUT2D eigenvalue weighted by Gasteiger charge is -2.02. The molecule has 0 atom stereocenters. The second-order valence-corrected chi connectivity index (χ2v) is 4.48. The topological polar surface area (TPSA) is 130 Å². The van der Waals surface area contributed by atoms with Crippen molar-refractivity contribution in [1.29, 1.82) is 0 Å². The molecule has 0 aliphatic heterocycles. The Morgan fingerprint density at radius 1 is 1.26 bits per heavy atom. The van der Waals surface area contributed by atoms with E-state index in [1.807, 2.05) is 0 Å². The highest BCUT2D eigenvalue weighted by molar-refractivity contribution is 7.81. The average Bonchev–Trinajstić information content (AvgIpc) is 2.70. The number of aromatic hydroxyl groups is 1. The number of carbonyl (C=O) groups is 1. The maximum Gasteiger partial charge on any atom is 0.449 e. The van der Waals surface area contributed by atoms with Crippen molar-refractivity contribution in [3.8, 4) is 17.0 Å². The average molecular weight is 284 g/mol. The van der Waals surface area contributed by atoms with Crippen LogP contribution in [0.25, 0.3) is 11.1 Å². The van der Waals surface area contributed by atoms with Crippen LogP contribution in [0.4, 0.5) is 0 Å². The third-order valence-corrected chi connectivity index (χ3v) is 2.55. The van der Waals surface area contributed by atoms with Gasteiger partial charge in [0, 0.05) is 0 Å². The molecule has 0 aliphatic rings. The van der Waals surface area contributed by atoms with E-state index < -0.39 is 27.9 Å². The molecule has 1 aromatic carbocycles. The molecule has 0 saturated carbocycles. The third kappa shape index (κ3) is 2.89. The van der Waals surface area contributed by atoms with Crippen LogP contribution in [0.5, 0.6) is 5.88 Å². The second kappa shape index (κ2) is 4.71. The first-order valence-electron chi connectivity index (χ1n) is 4.92. The summed E-state index contributed by atoms with van der Waals surface area (Å²) in [6, 6.07) is 8.18.